The van der Waals surface area contributed by atoms with E-state index in [4.69, 9.17) is 0 Å². The summed E-state index contributed by atoms with van der Waals surface area (Å²) in [6, 6.07) is 0.790. The molecule has 2 unspecified atom stereocenters. The predicted octanol–water partition coefficient (Wildman–Crippen LogP) is 2.11. The molecule has 0 aromatic heterocycles. The molecule has 2 atom stereocenters. The molecule has 0 amide bonds. The molecule has 0 spiro atoms. The van der Waals surface area contributed by atoms with Crippen molar-refractivity contribution < 1.29 is 0 Å². The van der Waals surface area contributed by atoms with Gasteiger partial charge in [0.25, 0.3) is 0 Å². The fraction of sp³-hybridized carbons (Fsp3) is 1.00. The third kappa shape index (κ3) is 3.97. The number of nitrogens with one attached hydrogen (secondary N) is 1. The minimum atomic E-state index is 0.790. The van der Waals surface area contributed by atoms with Crippen molar-refractivity contribution in [1.29, 1.82) is 0 Å². The number of hydrogen-bond donors (Lipinski definition) is 1. The monoisotopic (exact) mass is 198 g/mol. The minimum Gasteiger partial charge on any atom is -0.317 e. The van der Waals surface area contributed by atoms with Gasteiger partial charge in [-0.15, -0.1) is 0 Å². The Kier molecular flexibility index (Phi) is 5.49. The standard InChI is InChI=1S/C12H26N2/c1-4-13-8-5-6-12(3)14-9-7-11(2)10-14/h11-13H,4-10H2,1-3H3. The first-order valence-corrected chi connectivity index (χ1v) is 6.18. The zero-order valence-electron chi connectivity index (χ0n) is 10.1. The topological polar surface area (TPSA) is 15.3 Å². The molecule has 0 bridgehead atoms. The highest BCUT2D eigenvalue weighted by Gasteiger charge is 2.22. The number of nitrogens with zero attached hydrogens (tertiary/aromatic N) is 1. The van der Waals surface area contributed by atoms with E-state index in [0.717, 1.165) is 18.5 Å². The van der Waals surface area contributed by atoms with Gasteiger partial charge in [-0.05, 0) is 51.7 Å². The van der Waals surface area contributed by atoms with Gasteiger partial charge in [0.1, 0.15) is 0 Å². The fourth-order valence-electron chi connectivity index (χ4n) is 2.25. The number of rotatable bonds is 6. The maximum Gasteiger partial charge on any atom is 0.00675 e. The quantitative estimate of drug-likeness (QED) is 0.658. The van der Waals surface area contributed by atoms with Crippen molar-refractivity contribution in [3.63, 3.8) is 0 Å². The molecule has 1 fully saturated rings. The summed E-state index contributed by atoms with van der Waals surface area (Å²) in [6.07, 6.45) is 4.07. The molecule has 1 N–H and O–H groups in total. The van der Waals surface area contributed by atoms with Crippen LogP contribution in [0, 0.1) is 5.92 Å². The highest BCUT2D eigenvalue weighted by Crippen LogP contribution is 2.19. The maximum atomic E-state index is 3.38. The van der Waals surface area contributed by atoms with E-state index in [2.05, 4.69) is 31.0 Å². The SMILES string of the molecule is CCNCCCC(C)N1CCC(C)C1. The second-order valence-corrected chi connectivity index (χ2v) is 4.73. The second kappa shape index (κ2) is 6.41. The Hall–Kier alpha value is -0.0800. The smallest absolute Gasteiger partial charge is 0.00675 e. The Bertz CT molecular complexity index is 147. The van der Waals surface area contributed by atoms with Crippen molar-refractivity contribution in [2.45, 2.75) is 46.1 Å². The summed E-state index contributed by atoms with van der Waals surface area (Å²) < 4.78 is 0. The van der Waals surface area contributed by atoms with Crippen LogP contribution in [0.15, 0.2) is 0 Å². The Morgan fingerprint density at radius 2 is 2.29 bits per heavy atom. The van der Waals surface area contributed by atoms with Crippen molar-refractivity contribution >= 4 is 0 Å². The molecule has 0 aromatic carbocycles. The van der Waals surface area contributed by atoms with E-state index in [9.17, 15) is 0 Å². The van der Waals surface area contributed by atoms with Gasteiger partial charge < -0.3 is 10.2 Å². The first kappa shape index (κ1) is 12.0. The maximum absolute atomic E-state index is 3.38. The predicted molar refractivity (Wildman–Crippen MR) is 62.6 cm³/mol. The molecule has 0 radical (unpaired) electrons. The molecular weight excluding hydrogens is 172 g/mol. The van der Waals surface area contributed by atoms with Crippen molar-refractivity contribution in [3.8, 4) is 0 Å². The average Bonchev–Trinajstić information content (AvgIpc) is 2.59. The van der Waals surface area contributed by atoms with Crippen LogP contribution in [0.2, 0.25) is 0 Å². The van der Waals surface area contributed by atoms with Crippen LogP contribution in [0.1, 0.15) is 40.0 Å². The molecule has 2 nitrogen and oxygen atoms in total. The van der Waals surface area contributed by atoms with Crippen LogP contribution in [0.3, 0.4) is 0 Å². The van der Waals surface area contributed by atoms with Crippen LogP contribution in [-0.4, -0.2) is 37.1 Å². The summed E-state index contributed by atoms with van der Waals surface area (Å²) in [5.74, 6) is 0.922. The van der Waals surface area contributed by atoms with Gasteiger partial charge in [0.2, 0.25) is 0 Å². The van der Waals surface area contributed by atoms with E-state index in [1.54, 1.807) is 0 Å². The van der Waals surface area contributed by atoms with E-state index < -0.39 is 0 Å². The van der Waals surface area contributed by atoms with Crippen molar-refractivity contribution in [2.75, 3.05) is 26.2 Å². The van der Waals surface area contributed by atoms with Crippen LogP contribution >= 0.6 is 0 Å². The van der Waals surface area contributed by atoms with Crippen LogP contribution in [-0.2, 0) is 0 Å². The lowest BCUT2D eigenvalue weighted by molar-refractivity contribution is 0.236. The Labute approximate surface area is 89.1 Å². The van der Waals surface area contributed by atoms with Gasteiger partial charge in [-0.2, -0.15) is 0 Å². The molecule has 1 heterocycles. The molecule has 0 aliphatic carbocycles. The number of likely N-dealkylation sites (tertiary alicyclic amines) is 1. The minimum absolute atomic E-state index is 0.790. The molecule has 1 aliphatic heterocycles. The molecule has 1 saturated heterocycles. The Morgan fingerprint density at radius 3 is 2.86 bits per heavy atom. The highest BCUT2D eigenvalue weighted by molar-refractivity contribution is 4.77. The van der Waals surface area contributed by atoms with Gasteiger partial charge in [0.15, 0.2) is 0 Å². The van der Waals surface area contributed by atoms with Gasteiger partial charge in [-0.1, -0.05) is 13.8 Å². The third-order valence-corrected chi connectivity index (χ3v) is 3.30. The van der Waals surface area contributed by atoms with Crippen LogP contribution in [0.4, 0.5) is 0 Å². The van der Waals surface area contributed by atoms with Crippen LogP contribution < -0.4 is 5.32 Å². The lowest BCUT2D eigenvalue weighted by Gasteiger charge is -2.24. The van der Waals surface area contributed by atoms with E-state index in [-0.39, 0.29) is 0 Å². The van der Waals surface area contributed by atoms with Crippen molar-refractivity contribution in [3.05, 3.63) is 0 Å². The van der Waals surface area contributed by atoms with Gasteiger partial charge in [0, 0.05) is 12.6 Å². The first-order chi connectivity index (χ1) is 6.74. The molecule has 84 valence electrons. The zero-order chi connectivity index (χ0) is 10.4. The van der Waals surface area contributed by atoms with E-state index >= 15 is 0 Å². The lowest BCUT2D eigenvalue weighted by Crippen LogP contribution is -2.31. The zero-order valence-corrected chi connectivity index (χ0v) is 10.1. The van der Waals surface area contributed by atoms with Crippen LogP contribution in [0.5, 0.6) is 0 Å². The van der Waals surface area contributed by atoms with E-state index in [1.165, 1.54) is 38.9 Å². The van der Waals surface area contributed by atoms with Crippen LogP contribution in [0.25, 0.3) is 0 Å². The molecule has 2 heteroatoms. The summed E-state index contributed by atoms with van der Waals surface area (Å²) in [5.41, 5.74) is 0. The third-order valence-electron chi connectivity index (χ3n) is 3.30. The van der Waals surface area contributed by atoms with Gasteiger partial charge >= 0.3 is 0 Å². The summed E-state index contributed by atoms with van der Waals surface area (Å²) >= 11 is 0. The number of hydrogen-bond acceptors (Lipinski definition) is 2. The molecule has 1 rings (SSSR count). The Balaban J connectivity index is 2.06. The largest absolute Gasteiger partial charge is 0.317 e. The summed E-state index contributed by atoms with van der Waals surface area (Å²) in [7, 11) is 0. The Morgan fingerprint density at radius 1 is 1.50 bits per heavy atom. The molecule has 0 saturated carbocycles. The molecule has 0 aromatic rings. The highest BCUT2D eigenvalue weighted by atomic mass is 15.2. The average molecular weight is 198 g/mol. The van der Waals surface area contributed by atoms with E-state index in [0.29, 0.717) is 0 Å². The van der Waals surface area contributed by atoms with Crippen molar-refractivity contribution in [2.24, 2.45) is 5.92 Å². The van der Waals surface area contributed by atoms with E-state index in [1.807, 2.05) is 0 Å². The summed E-state index contributed by atoms with van der Waals surface area (Å²) in [5, 5.41) is 3.38. The van der Waals surface area contributed by atoms with Crippen molar-refractivity contribution in [1.82, 2.24) is 10.2 Å². The lowest BCUT2D eigenvalue weighted by atomic mass is 10.1. The molecule has 1 aliphatic rings. The van der Waals surface area contributed by atoms with Gasteiger partial charge in [0.05, 0.1) is 0 Å². The first-order valence-electron chi connectivity index (χ1n) is 6.18. The van der Waals surface area contributed by atoms with Gasteiger partial charge in [-0.3, -0.25) is 0 Å². The van der Waals surface area contributed by atoms with Gasteiger partial charge in [-0.25, -0.2) is 0 Å². The fourth-order valence-corrected chi connectivity index (χ4v) is 2.25. The normalized spacial score (nSPS) is 25.5. The second-order valence-electron chi connectivity index (χ2n) is 4.73. The summed E-state index contributed by atoms with van der Waals surface area (Å²) in [4.78, 5) is 2.65. The molecular formula is C12H26N2. The molecule has 14 heavy (non-hydrogen) atoms. The summed E-state index contributed by atoms with van der Waals surface area (Å²) in [6.45, 7) is 11.9.